The third-order valence-electron chi connectivity index (χ3n) is 2.63. The average Bonchev–Trinajstić information content (AvgIpc) is 2.72. The summed E-state index contributed by atoms with van der Waals surface area (Å²) in [5.74, 6) is 2.61. The highest BCUT2D eigenvalue weighted by molar-refractivity contribution is 9.10. The molecule has 1 saturated heterocycles. The Morgan fingerprint density at radius 1 is 1.38 bits per heavy atom. The number of hydrogen-bond acceptors (Lipinski definition) is 4. The van der Waals surface area contributed by atoms with E-state index in [-0.39, 0.29) is 0 Å². The van der Waals surface area contributed by atoms with Crippen molar-refractivity contribution in [3.8, 4) is 0 Å². The molecule has 1 aliphatic heterocycles. The molecule has 16 heavy (non-hydrogen) atoms. The lowest BCUT2D eigenvalue weighted by Gasteiger charge is -2.25. The molecule has 2 heterocycles. The first-order valence-electron chi connectivity index (χ1n) is 5.58. The Morgan fingerprint density at radius 2 is 2.19 bits per heavy atom. The van der Waals surface area contributed by atoms with Crippen LogP contribution in [-0.4, -0.2) is 42.6 Å². The van der Waals surface area contributed by atoms with E-state index in [1.807, 2.05) is 11.3 Å². The predicted molar refractivity (Wildman–Crippen MR) is 77.5 cm³/mol. The Bertz CT molecular complexity index is 311. The van der Waals surface area contributed by atoms with Crippen molar-refractivity contribution in [1.82, 2.24) is 10.2 Å². The second-order valence-electron chi connectivity index (χ2n) is 3.86. The van der Waals surface area contributed by atoms with Gasteiger partial charge in [0, 0.05) is 59.0 Å². The number of hydrogen-bond donors (Lipinski definition) is 1. The largest absolute Gasteiger partial charge is 0.311 e. The zero-order valence-electron chi connectivity index (χ0n) is 9.25. The van der Waals surface area contributed by atoms with Crippen LogP contribution in [-0.2, 0) is 6.54 Å². The van der Waals surface area contributed by atoms with Gasteiger partial charge in [-0.3, -0.25) is 0 Å². The van der Waals surface area contributed by atoms with Crippen LogP contribution in [0.5, 0.6) is 0 Å². The van der Waals surface area contributed by atoms with Crippen molar-refractivity contribution in [2.45, 2.75) is 6.54 Å². The van der Waals surface area contributed by atoms with Crippen LogP contribution in [0.3, 0.4) is 0 Å². The molecule has 2 rings (SSSR count). The molecule has 1 aromatic heterocycles. The van der Waals surface area contributed by atoms with Gasteiger partial charge in [-0.05, 0) is 22.0 Å². The van der Waals surface area contributed by atoms with Crippen LogP contribution in [0.1, 0.15) is 4.88 Å². The van der Waals surface area contributed by atoms with E-state index < -0.39 is 0 Å². The molecule has 5 heteroatoms. The first-order chi connectivity index (χ1) is 7.84. The zero-order valence-corrected chi connectivity index (χ0v) is 12.5. The van der Waals surface area contributed by atoms with Crippen LogP contribution < -0.4 is 5.32 Å². The van der Waals surface area contributed by atoms with Gasteiger partial charge in [-0.1, -0.05) is 0 Å². The first-order valence-corrected chi connectivity index (χ1v) is 8.41. The molecule has 1 aromatic rings. The Kier molecular flexibility index (Phi) is 5.65. The SMILES string of the molecule is Brc1csc(CNCCN2CCSCC2)c1. The minimum absolute atomic E-state index is 0.999. The molecule has 1 fully saturated rings. The van der Waals surface area contributed by atoms with Crippen molar-refractivity contribution in [2.24, 2.45) is 0 Å². The smallest absolute Gasteiger partial charge is 0.0300 e. The van der Waals surface area contributed by atoms with Crippen LogP contribution in [0.4, 0.5) is 0 Å². The third-order valence-corrected chi connectivity index (χ3v) is 5.27. The zero-order chi connectivity index (χ0) is 11.2. The fraction of sp³-hybridized carbons (Fsp3) is 0.636. The van der Waals surface area contributed by atoms with E-state index in [0.717, 1.165) is 13.1 Å². The van der Waals surface area contributed by atoms with Gasteiger partial charge in [-0.15, -0.1) is 11.3 Å². The number of rotatable bonds is 5. The predicted octanol–water partition coefficient (Wildman–Crippen LogP) is 2.65. The Labute approximate surface area is 114 Å². The summed E-state index contributed by atoms with van der Waals surface area (Å²) in [4.78, 5) is 3.95. The molecular formula is C11H17BrN2S2. The molecular weight excluding hydrogens is 304 g/mol. The van der Waals surface area contributed by atoms with E-state index in [9.17, 15) is 0 Å². The summed E-state index contributed by atoms with van der Waals surface area (Å²) in [5, 5.41) is 5.64. The van der Waals surface area contributed by atoms with E-state index in [4.69, 9.17) is 0 Å². The van der Waals surface area contributed by atoms with Gasteiger partial charge in [-0.25, -0.2) is 0 Å². The lowest BCUT2D eigenvalue weighted by atomic mass is 10.4. The van der Waals surface area contributed by atoms with Crippen molar-refractivity contribution in [2.75, 3.05) is 37.7 Å². The maximum Gasteiger partial charge on any atom is 0.0300 e. The molecule has 0 aliphatic carbocycles. The van der Waals surface area contributed by atoms with Crippen LogP contribution in [0.15, 0.2) is 15.9 Å². The molecule has 0 spiro atoms. The van der Waals surface area contributed by atoms with Gasteiger partial charge in [0.2, 0.25) is 0 Å². The molecule has 0 unspecified atom stereocenters. The van der Waals surface area contributed by atoms with Gasteiger partial charge >= 0.3 is 0 Å². The summed E-state index contributed by atoms with van der Waals surface area (Å²) in [7, 11) is 0. The highest BCUT2D eigenvalue weighted by atomic mass is 79.9. The second-order valence-corrected chi connectivity index (χ2v) is 7.00. The van der Waals surface area contributed by atoms with Crippen molar-refractivity contribution in [3.05, 3.63) is 20.8 Å². The summed E-state index contributed by atoms with van der Waals surface area (Å²) in [6.07, 6.45) is 0. The number of nitrogens with one attached hydrogen (secondary N) is 1. The molecule has 1 aliphatic rings. The van der Waals surface area contributed by atoms with E-state index in [2.05, 4.69) is 49.4 Å². The summed E-state index contributed by atoms with van der Waals surface area (Å²) in [6, 6.07) is 2.19. The van der Waals surface area contributed by atoms with E-state index >= 15 is 0 Å². The van der Waals surface area contributed by atoms with Crippen LogP contribution >= 0.6 is 39.0 Å². The van der Waals surface area contributed by atoms with Gasteiger partial charge in [0.15, 0.2) is 0 Å². The van der Waals surface area contributed by atoms with Crippen molar-refractivity contribution in [1.29, 1.82) is 0 Å². The summed E-state index contributed by atoms with van der Waals surface area (Å²) in [5.41, 5.74) is 0. The van der Waals surface area contributed by atoms with Crippen LogP contribution in [0.2, 0.25) is 0 Å². The van der Waals surface area contributed by atoms with E-state index in [0.29, 0.717) is 0 Å². The van der Waals surface area contributed by atoms with E-state index in [1.165, 1.54) is 40.5 Å². The Hall–Kier alpha value is 0.450. The summed E-state index contributed by atoms with van der Waals surface area (Å²) < 4.78 is 1.20. The highest BCUT2D eigenvalue weighted by Gasteiger charge is 2.08. The van der Waals surface area contributed by atoms with Crippen molar-refractivity contribution >= 4 is 39.0 Å². The van der Waals surface area contributed by atoms with Crippen molar-refractivity contribution < 1.29 is 0 Å². The highest BCUT2D eigenvalue weighted by Crippen LogP contribution is 2.19. The lowest BCUT2D eigenvalue weighted by molar-refractivity contribution is 0.301. The molecule has 0 radical (unpaired) electrons. The third kappa shape index (κ3) is 4.37. The first kappa shape index (κ1) is 12.9. The maximum absolute atomic E-state index is 3.50. The fourth-order valence-electron chi connectivity index (χ4n) is 1.72. The van der Waals surface area contributed by atoms with Gasteiger partial charge in [-0.2, -0.15) is 11.8 Å². The normalized spacial score (nSPS) is 17.8. The quantitative estimate of drug-likeness (QED) is 0.840. The molecule has 0 amide bonds. The second kappa shape index (κ2) is 7.01. The standard InChI is InChI=1S/C11H17BrN2S2/c12-10-7-11(16-9-10)8-13-1-2-14-3-5-15-6-4-14/h7,9,13H,1-6,8H2. The number of thioether (sulfide) groups is 1. The Balaban J connectivity index is 1.57. The molecule has 0 atom stereocenters. The minimum Gasteiger partial charge on any atom is -0.311 e. The van der Waals surface area contributed by atoms with Gasteiger partial charge in [0.25, 0.3) is 0 Å². The summed E-state index contributed by atoms with van der Waals surface area (Å²) >= 11 is 7.36. The number of nitrogens with zero attached hydrogens (tertiary/aromatic N) is 1. The van der Waals surface area contributed by atoms with Crippen molar-refractivity contribution in [3.63, 3.8) is 0 Å². The summed E-state index contributed by atoms with van der Waals surface area (Å²) in [6.45, 7) is 5.81. The molecule has 0 aromatic carbocycles. The molecule has 0 bridgehead atoms. The number of halogens is 1. The molecule has 1 N–H and O–H groups in total. The maximum atomic E-state index is 3.50. The van der Waals surface area contributed by atoms with Gasteiger partial charge in [0.05, 0.1) is 0 Å². The molecule has 90 valence electrons. The van der Waals surface area contributed by atoms with Gasteiger partial charge in [0.1, 0.15) is 0 Å². The van der Waals surface area contributed by atoms with Gasteiger partial charge < -0.3 is 10.2 Å². The fourth-order valence-corrected chi connectivity index (χ4v) is 4.12. The van der Waals surface area contributed by atoms with Crippen LogP contribution in [0, 0.1) is 0 Å². The lowest BCUT2D eigenvalue weighted by Crippen LogP contribution is -2.37. The van der Waals surface area contributed by atoms with Crippen LogP contribution in [0.25, 0.3) is 0 Å². The number of thiophene rings is 1. The van der Waals surface area contributed by atoms with E-state index in [1.54, 1.807) is 0 Å². The topological polar surface area (TPSA) is 15.3 Å². The Morgan fingerprint density at radius 3 is 2.88 bits per heavy atom. The average molecular weight is 321 g/mol. The molecule has 2 nitrogen and oxygen atoms in total. The monoisotopic (exact) mass is 320 g/mol. The minimum atomic E-state index is 0.999. The molecule has 0 saturated carbocycles.